The van der Waals surface area contributed by atoms with Crippen molar-refractivity contribution in [3.63, 3.8) is 0 Å². The first-order valence-electron chi connectivity index (χ1n) is 12.8. The average molecular weight is 621 g/mol. The molecule has 2 aliphatic heterocycles. The Hall–Kier alpha value is -3.68. The molecule has 0 bridgehead atoms. The Balaban J connectivity index is 0.000000319. The van der Waals surface area contributed by atoms with Gasteiger partial charge in [-0.15, -0.1) is 11.8 Å². The summed E-state index contributed by atoms with van der Waals surface area (Å²) in [5.41, 5.74) is 3.83. The molecule has 226 valence electrons. The van der Waals surface area contributed by atoms with E-state index in [-0.39, 0.29) is 6.10 Å². The highest BCUT2D eigenvalue weighted by Gasteiger charge is 2.25. The number of aliphatic carboxylic acids is 4. The number of benzene rings is 2. The van der Waals surface area contributed by atoms with Gasteiger partial charge in [-0.1, -0.05) is 35.9 Å². The second kappa shape index (κ2) is 18.0. The summed E-state index contributed by atoms with van der Waals surface area (Å²) >= 11 is 8.19. The average Bonchev–Trinajstić information content (AvgIpc) is 3.09. The Morgan fingerprint density at radius 1 is 0.857 bits per heavy atom. The van der Waals surface area contributed by atoms with E-state index in [9.17, 15) is 19.2 Å². The summed E-state index contributed by atoms with van der Waals surface area (Å²) in [6.45, 7) is 6.25. The molecule has 1 atom stereocenters. The number of hydrogen-bond acceptors (Lipinski definition) is 8. The zero-order chi connectivity index (χ0) is 31.1. The van der Waals surface area contributed by atoms with E-state index in [4.69, 9.17) is 36.8 Å². The third-order valence-corrected chi connectivity index (χ3v) is 7.37. The molecule has 13 heteroatoms. The summed E-state index contributed by atoms with van der Waals surface area (Å²) in [6.07, 6.45) is 2.19. The molecule has 0 saturated carbocycles. The third kappa shape index (κ3) is 12.9. The molecule has 1 unspecified atom stereocenters. The van der Waals surface area contributed by atoms with Crippen LogP contribution in [0.3, 0.4) is 0 Å². The van der Waals surface area contributed by atoms with Crippen molar-refractivity contribution in [2.75, 3.05) is 46.4 Å². The molecule has 2 aliphatic rings. The van der Waals surface area contributed by atoms with Crippen molar-refractivity contribution < 1.29 is 44.3 Å². The number of carbonyl (C=O) groups is 4. The second-order valence-corrected chi connectivity index (χ2v) is 10.5. The monoisotopic (exact) mass is 620 g/mol. The number of ether oxygens (including phenoxy) is 1. The summed E-state index contributed by atoms with van der Waals surface area (Å²) in [7, 11) is 2.19. The number of hydrogen-bond donors (Lipinski definition) is 4. The predicted octanol–water partition coefficient (Wildman–Crippen LogP) is 3.72. The number of likely N-dealkylation sites (N-methyl/N-ethyl adjacent to an activating group) is 1. The van der Waals surface area contributed by atoms with Gasteiger partial charge in [-0.2, -0.15) is 0 Å². The minimum atomic E-state index is -1.26. The van der Waals surface area contributed by atoms with Crippen molar-refractivity contribution in [2.24, 2.45) is 0 Å². The fourth-order valence-corrected chi connectivity index (χ4v) is 5.19. The lowest BCUT2D eigenvalue weighted by Crippen LogP contribution is -2.45. The molecule has 4 N–H and O–H groups in total. The lowest BCUT2D eigenvalue weighted by molar-refractivity contribution is -0.134. The summed E-state index contributed by atoms with van der Waals surface area (Å²) in [6, 6.07) is 14.8. The van der Waals surface area contributed by atoms with Gasteiger partial charge in [0.05, 0.1) is 6.61 Å². The lowest BCUT2D eigenvalue weighted by Gasteiger charge is -2.32. The smallest absolute Gasteiger partial charge is 0.328 e. The maximum Gasteiger partial charge on any atom is 0.328 e. The van der Waals surface area contributed by atoms with Crippen LogP contribution in [-0.4, -0.2) is 100 Å². The van der Waals surface area contributed by atoms with Gasteiger partial charge in [-0.05, 0) is 36.4 Å². The van der Waals surface area contributed by atoms with Gasteiger partial charge < -0.3 is 30.1 Å². The molecular weight excluding hydrogens is 588 g/mol. The Bertz CT molecular complexity index is 1230. The second-order valence-electron chi connectivity index (χ2n) is 9.09. The predicted molar refractivity (Wildman–Crippen MR) is 158 cm³/mol. The fraction of sp³-hybridized carbons (Fsp3) is 0.310. The van der Waals surface area contributed by atoms with Crippen LogP contribution >= 0.6 is 23.4 Å². The minimum Gasteiger partial charge on any atom is -0.478 e. The number of piperazine rings is 1. The van der Waals surface area contributed by atoms with Gasteiger partial charge in [0.2, 0.25) is 0 Å². The summed E-state index contributed by atoms with van der Waals surface area (Å²) in [5, 5.41) is 32.0. The fourth-order valence-electron chi connectivity index (χ4n) is 3.94. The number of carboxylic acid groups (broad SMARTS) is 4. The number of carboxylic acids is 4. The van der Waals surface area contributed by atoms with E-state index in [2.05, 4.69) is 53.2 Å². The van der Waals surface area contributed by atoms with Crippen LogP contribution in [0.5, 0.6) is 0 Å². The quantitative estimate of drug-likeness (QED) is 0.317. The SMILES string of the molecule is CN1CCN(CCOC2c3ccccc3CSc3ccc(Cl)cc32)CC1.O=C(O)C=CC(=O)O.O=C(O)C=CC(=O)O. The standard InChI is InChI=1S/C21H25ClN2OS.2C4H4O4/c1-23-8-10-24(11-9-23)12-13-25-21-18-5-3-2-4-16(18)15-26-20-7-6-17(22)14-19(20)21;2*5-3(6)1-2-4(7)8/h2-7,14,21H,8-13,15H2,1H3;2*1-2H,(H,5,6)(H,7,8). The topological polar surface area (TPSA) is 165 Å². The third-order valence-electron chi connectivity index (χ3n) is 6.00. The highest BCUT2D eigenvalue weighted by molar-refractivity contribution is 7.98. The van der Waals surface area contributed by atoms with E-state index < -0.39 is 23.9 Å². The van der Waals surface area contributed by atoms with E-state index in [1.165, 1.54) is 21.6 Å². The van der Waals surface area contributed by atoms with Crippen molar-refractivity contribution in [2.45, 2.75) is 16.8 Å². The van der Waals surface area contributed by atoms with E-state index in [0.29, 0.717) is 24.3 Å². The Labute approximate surface area is 252 Å². The molecule has 2 aromatic carbocycles. The molecule has 0 amide bonds. The van der Waals surface area contributed by atoms with Crippen LogP contribution in [0.15, 0.2) is 71.7 Å². The molecular formula is C29H33ClN2O9S. The highest BCUT2D eigenvalue weighted by atomic mass is 35.5. The molecule has 2 aromatic rings. The molecule has 1 fully saturated rings. The summed E-state index contributed by atoms with van der Waals surface area (Å²) in [4.78, 5) is 44.4. The molecule has 11 nitrogen and oxygen atoms in total. The molecule has 2 heterocycles. The number of fused-ring (bicyclic) bond motifs is 2. The molecule has 4 rings (SSSR count). The van der Waals surface area contributed by atoms with Crippen molar-refractivity contribution in [3.8, 4) is 0 Å². The van der Waals surface area contributed by atoms with Crippen LogP contribution in [-0.2, 0) is 29.7 Å². The van der Waals surface area contributed by atoms with Crippen molar-refractivity contribution >= 4 is 47.2 Å². The van der Waals surface area contributed by atoms with Crippen LogP contribution in [0.2, 0.25) is 5.02 Å². The van der Waals surface area contributed by atoms with E-state index >= 15 is 0 Å². The van der Waals surface area contributed by atoms with Crippen molar-refractivity contribution in [3.05, 3.63) is 88.5 Å². The van der Waals surface area contributed by atoms with Gasteiger partial charge in [-0.25, -0.2) is 19.2 Å². The maximum atomic E-state index is 9.55. The zero-order valence-corrected chi connectivity index (χ0v) is 24.5. The van der Waals surface area contributed by atoms with Crippen molar-refractivity contribution in [1.82, 2.24) is 9.80 Å². The number of thioether (sulfide) groups is 1. The molecule has 0 radical (unpaired) electrons. The van der Waals surface area contributed by atoms with Crippen LogP contribution in [0.1, 0.15) is 22.8 Å². The Morgan fingerprint density at radius 3 is 1.95 bits per heavy atom. The van der Waals surface area contributed by atoms with E-state index in [1.54, 1.807) is 0 Å². The highest BCUT2D eigenvalue weighted by Crippen LogP contribution is 2.42. The van der Waals surface area contributed by atoms with Gasteiger partial charge in [0.1, 0.15) is 6.10 Å². The lowest BCUT2D eigenvalue weighted by atomic mass is 9.97. The zero-order valence-electron chi connectivity index (χ0n) is 22.9. The molecule has 1 saturated heterocycles. The first-order chi connectivity index (χ1) is 20.0. The van der Waals surface area contributed by atoms with Crippen LogP contribution in [0.4, 0.5) is 0 Å². The van der Waals surface area contributed by atoms with Gasteiger partial charge >= 0.3 is 23.9 Å². The number of rotatable bonds is 8. The van der Waals surface area contributed by atoms with Gasteiger partial charge in [0.15, 0.2) is 0 Å². The molecule has 0 spiro atoms. The molecule has 0 aliphatic carbocycles. The number of nitrogens with zero attached hydrogens (tertiary/aromatic N) is 2. The van der Waals surface area contributed by atoms with E-state index in [1.807, 2.05) is 17.8 Å². The van der Waals surface area contributed by atoms with Gasteiger partial charge in [0.25, 0.3) is 0 Å². The van der Waals surface area contributed by atoms with Crippen LogP contribution < -0.4 is 0 Å². The summed E-state index contributed by atoms with van der Waals surface area (Å²) < 4.78 is 6.47. The van der Waals surface area contributed by atoms with E-state index in [0.717, 1.165) is 50.1 Å². The summed E-state index contributed by atoms with van der Waals surface area (Å²) in [5.74, 6) is -4.05. The van der Waals surface area contributed by atoms with Gasteiger partial charge in [-0.3, -0.25) is 4.90 Å². The normalized spacial score (nSPS) is 16.7. The first kappa shape index (κ1) is 34.5. The Kier molecular flexibility index (Phi) is 14.8. The maximum absolute atomic E-state index is 9.55. The minimum absolute atomic E-state index is 0.0395. The molecule has 42 heavy (non-hydrogen) atoms. The Morgan fingerprint density at radius 2 is 1.40 bits per heavy atom. The van der Waals surface area contributed by atoms with Crippen LogP contribution in [0.25, 0.3) is 0 Å². The molecule has 0 aromatic heterocycles. The van der Waals surface area contributed by atoms with Crippen molar-refractivity contribution in [1.29, 1.82) is 0 Å². The number of halogens is 1. The van der Waals surface area contributed by atoms with Gasteiger partial charge in [0, 0.05) is 78.3 Å². The van der Waals surface area contributed by atoms with Crippen LogP contribution in [0, 0.1) is 0 Å². The largest absolute Gasteiger partial charge is 0.478 e. The first-order valence-corrected chi connectivity index (χ1v) is 14.1.